The number of rotatable bonds is 2. The van der Waals surface area contributed by atoms with Gasteiger partial charge in [-0.2, -0.15) is 0 Å². The van der Waals surface area contributed by atoms with Crippen LogP contribution in [-0.2, 0) is 0 Å². The molecule has 0 saturated heterocycles. The van der Waals surface area contributed by atoms with Gasteiger partial charge in [0.2, 0.25) is 0 Å². The standard InChI is InChI=1S/C9H11N3/c1-2-9-7(8(11)6-10)4-3-5-12-9/h1,3-5,8H,6,10-11H2/t8-/m0/s1. The van der Waals surface area contributed by atoms with Gasteiger partial charge in [-0.15, -0.1) is 6.42 Å². The van der Waals surface area contributed by atoms with Crippen molar-refractivity contribution in [3.8, 4) is 12.3 Å². The van der Waals surface area contributed by atoms with Crippen molar-refractivity contribution in [1.29, 1.82) is 0 Å². The molecule has 0 aromatic carbocycles. The highest BCUT2D eigenvalue weighted by Gasteiger charge is 2.07. The van der Waals surface area contributed by atoms with Gasteiger partial charge in [-0.1, -0.05) is 6.07 Å². The Bertz CT molecular complexity index is 301. The predicted octanol–water partition coefficient (Wildman–Crippen LogP) is 0.0214. The molecule has 0 saturated carbocycles. The lowest BCUT2D eigenvalue weighted by Gasteiger charge is -2.09. The molecule has 12 heavy (non-hydrogen) atoms. The molecular weight excluding hydrogens is 150 g/mol. The highest BCUT2D eigenvalue weighted by Crippen LogP contribution is 2.11. The first kappa shape index (κ1) is 8.72. The molecule has 0 aliphatic heterocycles. The molecule has 1 heterocycles. The molecule has 1 atom stereocenters. The van der Waals surface area contributed by atoms with Gasteiger partial charge in [0.15, 0.2) is 0 Å². The maximum atomic E-state index is 5.71. The minimum absolute atomic E-state index is 0.218. The first-order valence-corrected chi connectivity index (χ1v) is 3.66. The molecule has 0 aliphatic rings. The molecule has 62 valence electrons. The lowest BCUT2D eigenvalue weighted by Crippen LogP contribution is -2.21. The number of terminal acetylenes is 1. The molecule has 0 spiro atoms. The van der Waals surface area contributed by atoms with E-state index >= 15 is 0 Å². The first-order chi connectivity index (χ1) is 5.79. The molecule has 3 heteroatoms. The molecule has 0 radical (unpaired) electrons. The number of nitrogens with zero attached hydrogens (tertiary/aromatic N) is 1. The van der Waals surface area contributed by atoms with Crippen LogP contribution in [0.1, 0.15) is 17.3 Å². The van der Waals surface area contributed by atoms with E-state index in [-0.39, 0.29) is 6.04 Å². The number of hydrogen-bond donors (Lipinski definition) is 2. The molecule has 4 N–H and O–H groups in total. The fourth-order valence-electron chi connectivity index (χ4n) is 0.965. The third-order valence-electron chi connectivity index (χ3n) is 1.63. The van der Waals surface area contributed by atoms with Gasteiger partial charge in [0.25, 0.3) is 0 Å². The number of nitrogens with two attached hydrogens (primary N) is 2. The van der Waals surface area contributed by atoms with E-state index in [2.05, 4.69) is 10.9 Å². The zero-order valence-electron chi connectivity index (χ0n) is 6.70. The van der Waals surface area contributed by atoms with Crippen molar-refractivity contribution < 1.29 is 0 Å². The number of aromatic nitrogens is 1. The van der Waals surface area contributed by atoms with Crippen LogP contribution in [0, 0.1) is 12.3 Å². The van der Waals surface area contributed by atoms with Crippen molar-refractivity contribution in [1.82, 2.24) is 4.98 Å². The maximum absolute atomic E-state index is 5.71. The third kappa shape index (κ3) is 1.62. The fraction of sp³-hybridized carbons (Fsp3) is 0.222. The summed E-state index contributed by atoms with van der Waals surface area (Å²) in [5, 5.41) is 0. The second kappa shape index (κ2) is 3.86. The summed E-state index contributed by atoms with van der Waals surface area (Å²) in [6.07, 6.45) is 6.88. The number of pyridine rings is 1. The Labute approximate surface area is 71.8 Å². The van der Waals surface area contributed by atoms with Gasteiger partial charge in [-0.25, -0.2) is 4.98 Å². The summed E-state index contributed by atoms with van der Waals surface area (Å²) in [6.45, 7) is 0.375. The van der Waals surface area contributed by atoms with Gasteiger partial charge < -0.3 is 11.5 Å². The number of hydrogen-bond acceptors (Lipinski definition) is 3. The van der Waals surface area contributed by atoms with Crippen LogP contribution < -0.4 is 11.5 Å². The van der Waals surface area contributed by atoms with Crippen LogP contribution in [0.3, 0.4) is 0 Å². The van der Waals surface area contributed by atoms with Crippen LogP contribution in [0.5, 0.6) is 0 Å². The Hall–Kier alpha value is -1.37. The SMILES string of the molecule is C#Cc1ncccc1[C@@H](N)CN. The van der Waals surface area contributed by atoms with E-state index in [0.717, 1.165) is 5.56 Å². The van der Waals surface area contributed by atoms with Crippen molar-refractivity contribution in [3.63, 3.8) is 0 Å². The second-order valence-corrected chi connectivity index (χ2v) is 2.43. The molecule has 3 nitrogen and oxygen atoms in total. The highest BCUT2D eigenvalue weighted by molar-refractivity contribution is 5.35. The Morgan fingerprint density at radius 2 is 2.42 bits per heavy atom. The van der Waals surface area contributed by atoms with E-state index in [4.69, 9.17) is 17.9 Å². The maximum Gasteiger partial charge on any atom is 0.117 e. The summed E-state index contributed by atoms with van der Waals surface area (Å²) < 4.78 is 0. The largest absolute Gasteiger partial charge is 0.329 e. The molecule has 0 aliphatic carbocycles. The summed E-state index contributed by atoms with van der Waals surface area (Å²) in [5.41, 5.74) is 12.5. The highest BCUT2D eigenvalue weighted by atomic mass is 14.7. The van der Waals surface area contributed by atoms with Gasteiger partial charge in [0.05, 0.1) is 0 Å². The van der Waals surface area contributed by atoms with Gasteiger partial charge in [0, 0.05) is 24.3 Å². The Balaban J connectivity index is 3.07. The Morgan fingerprint density at radius 3 is 3.00 bits per heavy atom. The van der Waals surface area contributed by atoms with E-state index in [1.165, 1.54) is 0 Å². The van der Waals surface area contributed by atoms with Crippen LogP contribution in [0.15, 0.2) is 18.3 Å². The van der Waals surface area contributed by atoms with E-state index < -0.39 is 0 Å². The first-order valence-electron chi connectivity index (χ1n) is 3.66. The van der Waals surface area contributed by atoms with Crippen LogP contribution in [0.4, 0.5) is 0 Å². The van der Waals surface area contributed by atoms with Crippen molar-refractivity contribution in [2.24, 2.45) is 11.5 Å². The molecule has 0 fully saturated rings. The van der Waals surface area contributed by atoms with Crippen LogP contribution >= 0.6 is 0 Å². The molecule has 0 unspecified atom stereocenters. The van der Waals surface area contributed by atoms with Crippen LogP contribution in [-0.4, -0.2) is 11.5 Å². The van der Waals surface area contributed by atoms with E-state index in [9.17, 15) is 0 Å². The average molecular weight is 161 g/mol. The van der Waals surface area contributed by atoms with E-state index in [1.54, 1.807) is 12.3 Å². The lowest BCUT2D eigenvalue weighted by atomic mass is 10.1. The molecule has 1 aromatic heterocycles. The summed E-state index contributed by atoms with van der Waals surface area (Å²) in [7, 11) is 0. The summed E-state index contributed by atoms with van der Waals surface area (Å²) in [6, 6.07) is 3.43. The zero-order valence-corrected chi connectivity index (χ0v) is 6.70. The van der Waals surface area contributed by atoms with Gasteiger partial charge in [-0.05, 0) is 12.0 Å². The summed E-state index contributed by atoms with van der Waals surface area (Å²) in [4.78, 5) is 3.99. The molecule has 0 amide bonds. The van der Waals surface area contributed by atoms with Crippen molar-refractivity contribution in [2.45, 2.75) is 6.04 Å². The van der Waals surface area contributed by atoms with E-state index in [0.29, 0.717) is 12.2 Å². The van der Waals surface area contributed by atoms with Crippen molar-refractivity contribution in [3.05, 3.63) is 29.6 Å². The predicted molar refractivity (Wildman–Crippen MR) is 48.2 cm³/mol. The van der Waals surface area contributed by atoms with Crippen molar-refractivity contribution in [2.75, 3.05) is 6.54 Å². The summed E-state index contributed by atoms with van der Waals surface area (Å²) in [5.74, 6) is 2.46. The zero-order chi connectivity index (χ0) is 8.97. The van der Waals surface area contributed by atoms with Crippen LogP contribution in [0.2, 0.25) is 0 Å². The van der Waals surface area contributed by atoms with Gasteiger partial charge >= 0.3 is 0 Å². The van der Waals surface area contributed by atoms with Crippen molar-refractivity contribution >= 4 is 0 Å². The third-order valence-corrected chi connectivity index (χ3v) is 1.63. The lowest BCUT2D eigenvalue weighted by molar-refractivity contribution is 0.730. The van der Waals surface area contributed by atoms with Gasteiger partial charge in [-0.3, -0.25) is 0 Å². The molecular formula is C9H11N3. The second-order valence-electron chi connectivity index (χ2n) is 2.43. The van der Waals surface area contributed by atoms with Gasteiger partial charge in [0.1, 0.15) is 5.69 Å². The molecule has 1 aromatic rings. The van der Waals surface area contributed by atoms with Crippen LogP contribution in [0.25, 0.3) is 0 Å². The molecule has 0 bridgehead atoms. The average Bonchev–Trinajstić information content (AvgIpc) is 2.16. The van der Waals surface area contributed by atoms with E-state index in [1.807, 2.05) is 6.07 Å². The topological polar surface area (TPSA) is 64.9 Å². The Kier molecular flexibility index (Phi) is 2.81. The summed E-state index contributed by atoms with van der Waals surface area (Å²) >= 11 is 0. The smallest absolute Gasteiger partial charge is 0.117 e. The molecule has 1 rings (SSSR count). The fourth-order valence-corrected chi connectivity index (χ4v) is 0.965. The Morgan fingerprint density at radius 1 is 1.67 bits per heavy atom. The normalized spacial score (nSPS) is 12.1. The minimum Gasteiger partial charge on any atom is -0.329 e. The monoisotopic (exact) mass is 161 g/mol. The minimum atomic E-state index is -0.218. The quantitative estimate of drug-likeness (QED) is 0.601.